The first kappa shape index (κ1) is 31.9. The number of thiophene rings is 1. The molecule has 1 aliphatic heterocycles. The van der Waals surface area contributed by atoms with Gasteiger partial charge in [0.1, 0.15) is 34.2 Å². The van der Waals surface area contributed by atoms with Crippen LogP contribution in [-0.4, -0.2) is 75.4 Å². The molecule has 1 fully saturated rings. The van der Waals surface area contributed by atoms with Crippen molar-refractivity contribution in [1.29, 1.82) is 0 Å². The first-order valence-corrected chi connectivity index (χ1v) is 15.2. The van der Waals surface area contributed by atoms with Crippen LogP contribution in [-0.2, 0) is 19.1 Å². The van der Waals surface area contributed by atoms with E-state index in [1.165, 1.54) is 23.3 Å². The number of aromatic nitrogens is 3. The van der Waals surface area contributed by atoms with Crippen LogP contribution in [0.4, 0.5) is 4.79 Å². The van der Waals surface area contributed by atoms with E-state index in [-0.39, 0.29) is 13.0 Å². The summed E-state index contributed by atoms with van der Waals surface area (Å²) in [6.07, 6.45) is 4.49. The Morgan fingerprint density at radius 1 is 1.26 bits per heavy atom. The van der Waals surface area contributed by atoms with Crippen LogP contribution in [0.25, 0.3) is 21.7 Å². The Balaban J connectivity index is 1.56. The zero-order chi connectivity index (χ0) is 31.1. The predicted octanol–water partition coefficient (Wildman–Crippen LogP) is 5.21. The van der Waals surface area contributed by atoms with Crippen molar-refractivity contribution in [2.75, 3.05) is 13.7 Å². The molecule has 12 nitrogen and oxygen atoms in total. The van der Waals surface area contributed by atoms with Crippen LogP contribution in [0.2, 0.25) is 0 Å². The average molecular weight is 614 g/mol. The van der Waals surface area contributed by atoms with Gasteiger partial charge in [-0.1, -0.05) is 24.1 Å². The van der Waals surface area contributed by atoms with Gasteiger partial charge in [0.05, 0.1) is 19.2 Å². The second-order valence-corrected chi connectivity index (χ2v) is 12.4. The molecule has 0 radical (unpaired) electrons. The number of rotatable bonds is 12. The molecule has 4 heterocycles. The molecule has 13 heteroatoms. The van der Waals surface area contributed by atoms with Gasteiger partial charge < -0.3 is 29.0 Å². The monoisotopic (exact) mass is 613 g/mol. The fourth-order valence-corrected chi connectivity index (χ4v) is 5.63. The fraction of sp³-hybridized carbons (Fsp3) is 0.533. The van der Waals surface area contributed by atoms with Crippen LogP contribution in [0.5, 0.6) is 5.88 Å². The van der Waals surface area contributed by atoms with Gasteiger partial charge in [-0.25, -0.2) is 14.6 Å². The van der Waals surface area contributed by atoms with Crippen molar-refractivity contribution in [3.05, 3.63) is 35.9 Å². The first-order valence-electron chi connectivity index (χ1n) is 14.3. The maximum Gasteiger partial charge on any atom is 0.408 e. The number of allylic oxidation sites excluding steroid dienone is 1. The number of hydrogen-bond donors (Lipinski definition) is 1. The molecule has 1 saturated heterocycles. The molecular formula is C30H39N5O7S. The lowest BCUT2D eigenvalue weighted by molar-refractivity contribution is -0.151. The van der Waals surface area contributed by atoms with Crippen LogP contribution < -0.4 is 10.1 Å². The molecule has 3 atom stereocenters. The van der Waals surface area contributed by atoms with E-state index in [2.05, 4.69) is 27.0 Å². The maximum atomic E-state index is 13.9. The summed E-state index contributed by atoms with van der Waals surface area (Å²) in [7, 11) is 1.28. The normalized spacial score (nSPS) is 17.5. The van der Waals surface area contributed by atoms with Gasteiger partial charge in [-0.05, 0) is 58.4 Å². The number of methoxy groups -OCH3 is 1. The number of amides is 2. The number of nitrogens with zero attached hydrogens (tertiary/aromatic N) is 4. The molecule has 0 saturated carbocycles. The minimum Gasteiger partial charge on any atom is -0.471 e. The number of carbonyl (C=O) groups is 3. The number of esters is 1. The SMILES string of the molecule is C=CCCCCCC(NC(=O)OC(C)(C)C)C(=O)N1CC(Oc2nc(-c3cc(C)on3)nc3ccsc23)C[C@H]1C(=O)OC. The molecule has 0 spiro atoms. The van der Waals surface area contributed by atoms with Crippen molar-refractivity contribution in [3.8, 4) is 17.4 Å². The molecule has 0 aromatic carbocycles. The molecule has 2 unspecified atom stereocenters. The molecule has 3 aromatic heterocycles. The molecular weight excluding hydrogens is 574 g/mol. The van der Waals surface area contributed by atoms with Crippen LogP contribution in [0.3, 0.4) is 0 Å². The summed E-state index contributed by atoms with van der Waals surface area (Å²) in [6, 6.07) is 1.80. The quantitative estimate of drug-likeness (QED) is 0.164. The minimum atomic E-state index is -0.899. The Morgan fingerprint density at radius 2 is 2.05 bits per heavy atom. The van der Waals surface area contributed by atoms with Gasteiger partial charge in [-0.15, -0.1) is 17.9 Å². The summed E-state index contributed by atoms with van der Waals surface area (Å²) in [6.45, 7) is 10.9. The number of alkyl carbamates (subject to hydrolysis) is 1. The topological polar surface area (TPSA) is 146 Å². The minimum absolute atomic E-state index is 0.0941. The summed E-state index contributed by atoms with van der Waals surface area (Å²) in [4.78, 5) is 50.1. The maximum absolute atomic E-state index is 13.9. The average Bonchev–Trinajstić information content (AvgIpc) is 3.70. The van der Waals surface area contributed by atoms with E-state index in [1.807, 2.05) is 17.5 Å². The van der Waals surface area contributed by atoms with Gasteiger partial charge in [0, 0.05) is 12.5 Å². The number of nitrogens with one attached hydrogen (secondary N) is 1. The Kier molecular flexibility index (Phi) is 10.4. The van der Waals surface area contributed by atoms with Crippen molar-refractivity contribution in [3.63, 3.8) is 0 Å². The van der Waals surface area contributed by atoms with Gasteiger partial charge >= 0.3 is 12.1 Å². The third-order valence-electron chi connectivity index (χ3n) is 6.82. The summed E-state index contributed by atoms with van der Waals surface area (Å²) >= 11 is 1.42. The zero-order valence-corrected chi connectivity index (χ0v) is 26.1. The highest BCUT2D eigenvalue weighted by atomic mass is 32.1. The fourth-order valence-electron chi connectivity index (χ4n) is 4.87. The smallest absolute Gasteiger partial charge is 0.408 e. The molecule has 2 amide bonds. The van der Waals surface area contributed by atoms with Crippen molar-refractivity contribution < 1.29 is 33.1 Å². The number of hydrogen-bond acceptors (Lipinski definition) is 11. The third kappa shape index (κ3) is 8.31. The molecule has 3 aromatic rings. The van der Waals surface area contributed by atoms with Crippen molar-refractivity contribution in [2.24, 2.45) is 0 Å². The van der Waals surface area contributed by atoms with Gasteiger partial charge in [0.15, 0.2) is 11.5 Å². The number of unbranched alkanes of at least 4 members (excludes halogenated alkanes) is 3. The predicted molar refractivity (Wildman–Crippen MR) is 161 cm³/mol. The summed E-state index contributed by atoms with van der Waals surface area (Å²) in [5, 5.41) is 8.64. The first-order chi connectivity index (χ1) is 20.5. The second kappa shape index (κ2) is 14.0. The molecule has 232 valence electrons. The number of aryl methyl sites for hydroxylation is 1. The molecule has 0 bridgehead atoms. The lowest BCUT2D eigenvalue weighted by Gasteiger charge is -2.29. The lowest BCUT2D eigenvalue weighted by atomic mass is 10.1. The highest BCUT2D eigenvalue weighted by molar-refractivity contribution is 7.17. The van der Waals surface area contributed by atoms with Crippen LogP contribution >= 0.6 is 11.3 Å². The number of fused-ring (bicyclic) bond motifs is 1. The molecule has 1 N–H and O–H groups in total. The van der Waals surface area contributed by atoms with Crippen LogP contribution in [0.15, 0.2) is 34.7 Å². The van der Waals surface area contributed by atoms with E-state index in [4.69, 9.17) is 18.7 Å². The van der Waals surface area contributed by atoms with Crippen molar-refractivity contribution in [1.82, 2.24) is 25.3 Å². The van der Waals surface area contributed by atoms with E-state index in [1.54, 1.807) is 33.8 Å². The highest BCUT2D eigenvalue weighted by Gasteiger charge is 2.44. The Morgan fingerprint density at radius 3 is 2.72 bits per heavy atom. The van der Waals surface area contributed by atoms with Crippen LogP contribution in [0.1, 0.15) is 65.1 Å². The van der Waals surface area contributed by atoms with Gasteiger partial charge in [0.2, 0.25) is 11.8 Å². The lowest BCUT2D eigenvalue weighted by Crippen LogP contribution is -2.52. The summed E-state index contributed by atoms with van der Waals surface area (Å²) in [5.41, 5.74) is 0.409. The van der Waals surface area contributed by atoms with Gasteiger partial charge in [0.25, 0.3) is 0 Å². The van der Waals surface area contributed by atoms with E-state index >= 15 is 0 Å². The number of carbonyl (C=O) groups excluding carboxylic acids is 3. The van der Waals surface area contributed by atoms with Gasteiger partial charge in [-0.2, -0.15) is 4.98 Å². The molecule has 4 rings (SSSR count). The van der Waals surface area contributed by atoms with Crippen LogP contribution in [0, 0.1) is 6.92 Å². The highest BCUT2D eigenvalue weighted by Crippen LogP contribution is 2.33. The summed E-state index contributed by atoms with van der Waals surface area (Å²) < 4.78 is 22.8. The zero-order valence-electron chi connectivity index (χ0n) is 25.3. The molecule has 1 aliphatic rings. The number of ether oxygens (including phenoxy) is 3. The Bertz CT molecular complexity index is 1450. The van der Waals surface area contributed by atoms with Crippen molar-refractivity contribution >= 4 is 39.5 Å². The Hall–Kier alpha value is -4.00. The van der Waals surface area contributed by atoms with Gasteiger partial charge in [-0.3, -0.25) is 4.79 Å². The van der Waals surface area contributed by atoms with Crippen molar-refractivity contribution in [2.45, 2.75) is 90.0 Å². The Labute approximate surface area is 254 Å². The number of likely N-dealkylation sites (tertiary alicyclic amines) is 1. The standard InChI is InChI=1S/C30H39N5O7S/c1-7-8-9-10-11-12-21(32-29(38)41-30(3,4)5)27(36)35-17-19(16-23(35)28(37)39-6)40-26-24-20(13-14-43-24)31-25(33-26)22-15-18(2)42-34-22/h7,13-15,19,21,23H,1,8-12,16-17H2,2-6H3,(H,32,38)/t19?,21?,23-/m0/s1. The molecule has 43 heavy (non-hydrogen) atoms. The van der Waals surface area contributed by atoms with E-state index < -0.39 is 41.8 Å². The molecule has 0 aliphatic carbocycles. The third-order valence-corrected chi connectivity index (χ3v) is 7.71. The van der Waals surface area contributed by atoms with E-state index in [0.29, 0.717) is 41.5 Å². The summed E-state index contributed by atoms with van der Waals surface area (Å²) in [5.74, 6) is 0.311. The van der Waals surface area contributed by atoms with E-state index in [0.717, 1.165) is 24.0 Å². The second-order valence-electron chi connectivity index (χ2n) is 11.4. The van der Waals surface area contributed by atoms with E-state index in [9.17, 15) is 14.4 Å². The largest absolute Gasteiger partial charge is 0.471 e.